The fourth-order valence-corrected chi connectivity index (χ4v) is 4.81. The lowest BCUT2D eigenvalue weighted by molar-refractivity contribution is -0.384. The molecule has 0 aliphatic heterocycles. The van der Waals surface area contributed by atoms with Crippen LogP contribution in [0.25, 0.3) is 0 Å². The second kappa shape index (κ2) is 8.54. The molecule has 0 heterocycles. The van der Waals surface area contributed by atoms with Gasteiger partial charge in [0, 0.05) is 29.7 Å². The van der Waals surface area contributed by atoms with Crippen molar-refractivity contribution in [2.24, 2.45) is 0 Å². The molecule has 0 N–H and O–H groups in total. The Bertz CT molecular complexity index is 1190. The summed E-state index contributed by atoms with van der Waals surface area (Å²) in [5.74, 6) is -1.29. The van der Waals surface area contributed by atoms with Crippen LogP contribution < -0.4 is 0 Å². The number of non-ortho nitro benzene ring substituents is 1. The maximum absolute atomic E-state index is 14.5. The number of halogens is 1. The van der Waals surface area contributed by atoms with Crippen molar-refractivity contribution in [2.45, 2.75) is 23.5 Å². The molecule has 1 atom stereocenters. The molecule has 3 rings (SSSR count). The van der Waals surface area contributed by atoms with Gasteiger partial charge in [-0.25, -0.2) is 12.8 Å². The first-order valence-electron chi connectivity index (χ1n) is 9.03. The van der Waals surface area contributed by atoms with Gasteiger partial charge in [0.15, 0.2) is 15.6 Å². The lowest BCUT2D eigenvalue weighted by atomic mass is 10.0. The summed E-state index contributed by atoms with van der Waals surface area (Å²) >= 11 is 0. The zero-order valence-electron chi connectivity index (χ0n) is 16.0. The zero-order chi connectivity index (χ0) is 21.9. The van der Waals surface area contributed by atoms with E-state index in [-0.39, 0.29) is 21.7 Å². The molecule has 0 saturated heterocycles. The fourth-order valence-electron chi connectivity index (χ4n) is 3.07. The summed E-state index contributed by atoms with van der Waals surface area (Å²) in [4.78, 5) is 23.0. The molecule has 0 spiro atoms. The smallest absolute Gasteiger partial charge is 0.269 e. The van der Waals surface area contributed by atoms with E-state index in [1.54, 1.807) is 12.1 Å². The predicted molar refractivity (Wildman–Crippen MR) is 110 cm³/mol. The molecule has 30 heavy (non-hydrogen) atoms. The topological polar surface area (TPSA) is 94.3 Å². The largest absolute Gasteiger partial charge is 0.294 e. The van der Waals surface area contributed by atoms with Gasteiger partial charge in [-0.05, 0) is 37.3 Å². The molecule has 0 radical (unpaired) electrons. The molecular formula is C22H18FNO5S. The number of hydrogen-bond acceptors (Lipinski definition) is 5. The molecule has 8 heteroatoms. The van der Waals surface area contributed by atoms with E-state index in [1.165, 1.54) is 54.6 Å². The van der Waals surface area contributed by atoms with Gasteiger partial charge < -0.3 is 0 Å². The summed E-state index contributed by atoms with van der Waals surface area (Å²) in [7, 11) is -4.09. The Morgan fingerprint density at radius 2 is 1.60 bits per heavy atom. The Hall–Kier alpha value is -3.39. The first kappa shape index (κ1) is 21.3. The highest BCUT2D eigenvalue weighted by atomic mass is 32.2. The van der Waals surface area contributed by atoms with Gasteiger partial charge >= 0.3 is 0 Å². The molecule has 0 aromatic heterocycles. The lowest BCUT2D eigenvalue weighted by Gasteiger charge is -2.18. The van der Waals surface area contributed by atoms with Gasteiger partial charge in [0.1, 0.15) is 11.1 Å². The second-order valence-corrected chi connectivity index (χ2v) is 8.93. The van der Waals surface area contributed by atoms with Crippen LogP contribution in [0.5, 0.6) is 0 Å². The summed E-state index contributed by atoms with van der Waals surface area (Å²) in [6.07, 6.45) is -0.505. The molecule has 0 amide bonds. The van der Waals surface area contributed by atoms with Gasteiger partial charge in [0.2, 0.25) is 0 Å². The van der Waals surface area contributed by atoms with E-state index in [0.717, 1.165) is 11.6 Å². The third-order valence-corrected chi connectivity index (χ3v) is 6.85. The van der Waals surface area contributed by atoms with E-state index < -0.39 is 38.0 Å². The first-order valence-corrected chi connectivity index (χ1v) is 10.6. The summed E-state index contributed by atoms with van der Waals surface area (Å²) in [6, 6.07) is 16.4. The van der Waals surface area contributed by atoms with Crippen molar-refractivity contribution in [1.82, 2.24) is 0 Å². The minimum atomic E-state index is -4.09. The van der Waals surface area contributed by atoms with Crippen molar-refractivity contribution in [1.29, 1.82) is 0 Å². The van der Waals surface area contributed by atoms with E-state index in [2.05, 4.69) is 0 Å². The molecule has 3 aromatic rings. The van der Waals surface area contributed by atoms with Crippen LogP contribution in [0.1, 0.15) is 33.2 Å². The predicted octanol–water partition coefficient (Wildman–Crippen LogP) is 4.83. The zero-order valence-corrected chi connectivity index (χ0v) is 16.8. The highest BCUT2D eigenvalue weighted by Gasteiger charge is 2.33. The molecule has 0 aliphatic carbocycles. The van der Waals surface area contributed by atoms with E-state index in [9.17, 15) is 27.7 Å². The minimum Gasteiger partial charge on any atom is -0.294 e. The number of benzene rings is 3. The number of nitrogens with zero attached hydrogens (tertiary/aromatic N) is 1. The van der Waals surface area contributed by atoms with Gasteiger partial charge in [-0.1, -0.05) is 35.9 Å². The highest BCUT2D eigenvalue weighted by molar-refractivity contribution is 7.91. The van der Waals surface area contributed by atoms with Crippen molar-refractivity contribution in [3.8, 4) is 0 Å². The SMILES string of the molecule is Cc1ccc(S(=O)(=O)[C@@H](CC(=O)c2ccc([N+](=O)[O-])cc2)c2ccccc2F)cc1. The van der Waals surface area contributed by atoms with Crippen LogP contribution in [0.2, 0.25) is 0 Å². The van der Waals surface area contributed by atoms with Crippen LogP contribution in [0, 0.1) is 22.9 Å². The molecule has 0 aliphatic rings. The number of carbonyl (C=O) groups excluding carboxylic acids is 1. The summed E-state index contributed by atoms with van der Waals surface area (Å²) in [5, 5.41) is 9.35. The van der Waals surface area contributed by atoms with Crippen molar-refractivity contribution >= 4 is 21.3 Å². The molecule has 0 fully saturated rings. The number of nitro groups is 1. The fraction of sp³-hybridized carbons (Fsp3) is 0.136. The Labute approximate surface area is 173 Å². The highest BCUT2D eigenvalue weighted by Crippen LogP contribution is 2.34. The van der Waals surface area contributed by atoms with Crippen molar-refractivity contribution in [2.75, 3.05) is 0 Å². The van der Waals surface area contributed by atoms with Gasteiger partial charge in [-0.15, -0.1) is 0 Å². The summed E-state index contributed by atoms with van der Waals surface area (Å²) in [5.41, 5.74) is 0.678. The van der Waals surface area contributed by atoms with Crippen LogP contribution in [0.4, 0.5) is 10.1 Å². The van der Waals surface area contributed by atoms with E-state index in [0.29, 0.717) is 0 Å². The molecule has 0 bridgehead atoms. The van der Waals surface area contributed by atoms with Crippen LogP contribution in [-0.4, -0.2) is 19.1 Å². The third kappa shape index (κ3) is 4.44. The monoisotopic (exact) mass is 427 g/mol. The maximum Gasteiger partial charge on any atom is 0.269 e. The van der Waals surface area contributed by atoms with Crippen molar-refractivity contribution in [3.05, 3.63) is 105 Å². The number of ketones is 1. The Morgan fingerprint density at radius 3 is 2.17 bits per heavy atom. The second-order valence-electron chi connectivity index (χ2n) is 6.80. The van der Waals surface area contributed by atoms with Crippen molar-refractivity contribution in [3.63, 3.8) is 0 Å². The minimum absolute atomic E-state index is 0.0159. The van der Waals surface area contributed by atoms with E-state index in [1.807, 2.05) is 6.92 Å². The van der Waals surface area contributed by atoms with Crippen molar-refractivity contribution < 1.29 is 22.5 Å². The number of rotatable bonds is 7. The molecule has 154 valence electrons. The molecule has 6 nitrogen and oxygen atoms in total. The molecule has 3 aromatic carbocycles. The lowest BCUT2D eigenvalue weighted by Crippen LogP contribution is -2.19. The van der Waals surface area contributed by atoms with Gasteiger partial charge in [0.25, 0.3) is 5.69 Å². The third-order valence-electron chi connectivity index (χ3n) is 4.75. The van der Waals surface area contributed by atoms with Gasteiger partial charge in [-0.3, -0.25) is 14.9 Å². The molecule has 0 saturated carbocycles. The first-order chi connectivity index (χ1) is 14.2. The summed E-state index contributed by atoms with van der Waals surface area (Å²) in [6.45, 7) is 1.81. The average molecular weight is 427 g/mol. The average Bonchev–Trinajstić information content (AvgIpc) is 2.73. The maximum atomic E-state index is 14.5. The molecule has 0 unspecified atom stereocenters. The Kier molecular flexibility index (Phi) is 6.07. The number of hydrogen-bond donors (Lipinski definition) is 0. The van der Waals surface area contributed by atoms with Gasteiger partial charge in [0.05, 0.1) is 9.82 Å². The summed E-state index contributed by atoms with van der Waals surface area (Å²) < 4.78 is 41.1. The van der Waals surface area contributed by atoms with Gasteiger partial charge in [-0.2, -0.15) is 0 Å². The Balaban J connectivity index is 2.02. The quantitative estimate of drug-likeness (QED) is 0.306. The number of Topliss-reactive ketones (excluding diaryl/α,β-unsaturated/α-hetero) is 1. The standard InChI is InChI=1S/C22H18FNO5S/c1-15-6-12-18(13-7-15)30(28,29)22(19-4-2-3-5-20(19)23)14-21(25)16-8-10-17(11-9-16)24(26)27/h2-13,22H,14H2,1H3/t22-/m0/s1. The van der Waals surface area contributed by atoms with Crippen LogP contribution in [0.3, 0.4) is 0 Å². The van der Waals surface area contributed by atoms with E-state index in [4.69, 9.17) is 0 Å². The number of carbonyl (C=O) groups is 1. The van der Waals surface area contributed by atoms with Crippen LogP contribution in [0.15, 0.2) is 77.7 Å². The Morgan fingerprint density at radius 1 is 1.00 bits per heavy atom. The number of aryl methyl sites for hydroxylation is 1. The van der Waals surface area contributed by atoms with Crippen LogP contribution in [-0.2, 0) is 9.84 Å². The van der Waals surface area contributed by atoms with E-state index >= 15 is 0 Å². The molecular weight excluding hydrogens is 409 g/mol. The number of sulfone groups is 1. The normalized spacial score (nSPS) is 12.3. The van der Waals surface area contributed by atoms with Crippen LogP contribution >= 0.6 is 0 Å². The number of nitro benzene ring substituents is 1.